The molecule has 0 saturated carbocycles. The molecule has 0 spiro atoms. The standard InChI is InChI=1S/C11H9N5OS/c12-8-9(13-5-14-10(8)17)16-11-15-6-3-1-2-4-7(6)18-11/h1-5H,12H2,(H2,13,14,15,16,17). The molecular formula is C11H9N5OS. The minimum atomic E-state index is -0.367. The van der Waals surface area contributed by atoms with Gasteiger partial charge in [-0.15, -0.1) is 0 Å². The maximum atomic E-state index is 11.3. The molecule has 0 aliphatic carbocycles. The Labute approximate surface area is 106 Å². The predicted molar refractivity (Wildman–Crippen MR) is 72.2 cm³/mol. The molecule has 0 bridgehead atoms. The van der Waals surface area contributed by atoms with Gasteiger partial charge < -0.3 is 16.0 Å². The van der Waals surface area contributed by atoms with E-state index < -0.39 is 0 Å². The highest BCUT2D eigenvalue weighted by molar-refractivity contribution is 7.22. The number of benzene rings is 1. The van der Waals surface area contributed by atoms with E-state index in [-0.39, 0.29) is 11.2 Å². The summed E-state index contributed by atoms with van der Waals surface area (Å²) < 4.78 is 1.06. The van der Waals surface area contributed by atoms with Crippen molar-refractivity contribution < 1.29 is 0 Å². The summed E-state index contributed by atoms with van der Waals surface area (Å²) in [5, 5.41) is 3.61. The third-order valence-corrected chi connectivity index (χ3v) is 3.36. The fourth-order valence-electron chi connectivity index (χ4n) is 1.54. The average molecular weight is 259 g/mol. The Hall–Kier alpha value is -2.41. The van der Waals surface area contributed by atoms with Gasteiger partial charge >= 0.3 is 0 Å². The normalized spacial score (nSPS) is 10.7. The zero-order chi connectivity index (χ0) is 12.5. The summed E-state index contributed by atoms with van der Waals surface area (Å²) in [7, 11) is 0. The number of rotatable bonds is 2. The predicted octanol–water partition coefficient (Wildman–Crippen LogP) is 1.71. The van der Waals surface area contributed by atoms with Gasteiger partial charge in [-0.1, -0.05) is 23.5 Å². The van der Waals surface area contributed by atoms with Crippen LogP contribution in [-0.2, 0) is 0 Å². The quantitative estimate of drug-likeness (QED) is 0.651. The zero-order valence-electron chi connectivity index (χ0n) is 9.18. The summed E-state index contributed by atoms with van der Waals surface area (Å²) in [6.07, 6.45) is 1.30. The molecule has 4 N–H and O–H groups in total. The van der Waals surface area contributed by atoms with E-state index in [1.807, 2.05) is 24.3 Å². The summed E-state index contributed by atoms with van der Waals surface area (Å²) in [6, 6.07) is 7.77. The first-order valence-electron chi connectivity index (χ1n) is 5.20. The molecule has 0 atom stereocenters. The van der Waals surface area contributed by atoms with Crippen LogP contribution in [0.15, 0.2) is 35.4 Å². The molecule has 2 aromatic heterocycles. The summed E-state index contributed by atoms with van der Waals surface area (Å²) in [5.41, 5.74) is 6.21. The van der Waals surface area contributed by atoms with E-state index in [2.05, 4.69) is 20.3 Å². The fourth-order valence-corrected chi connectivity index (χ4v) is 2.40. The van der Waals surface area contributed by atoms with Crippen LogP contribution < -0.4 is 16.6 Å². The number of hydrogen-bond acceptors (Lipinski definition) is 6. The number of fused-ring (bicyclic) bond motifs is 1. The number of aromatic nitrogens is 3. The van der Waals surface area contributed by atoms with Crippen molar-refractivity contribution in [2.24, 2.45) is 0 Å². The van der Waals surface area contributed by atoms with Gasteiger partial charge in [-0.25, -0.2) is 9.97 Å². The minimum Gasteiger partial charge on any atom is -0.391 e. The maximum Gasteiger partial charge on any atom is 0.276 e. The number of H-pyrrole nitrogens is 1. The van der Waals surface area contributed by atoms with E-state index in [9.17, 15) is 4.79 Å². The fraction of sp³-hybridized carbons (Fsp3) is 0. The van der Waals surface area contributed by atoms with E-state index in [1.54, 1.807) is 0 Å². The molecule has 0 fully saturated rings. The van der Waals surface area contributed by atoms with Crippen LogP contribution in [0.5, 0.6) is 0 Å². The van der Waals surface area contributed by atoms with Gasteiger partial charge in [-0.05, 0) is 12.1 Å². The van der Waals surface area contributed by atoms with Crippen molar-refractivity contribution in [1.82, 2.24) is 15.0 Å². The Morgan fingerprint density at radius 1 is 1.33 bits per heavy atom. The van der Waals surface area contributed by atoms with Crippen LogP contribution in [0.2, 0.25) is 0 Å². The summed E-state index contributed by atoms with van der Waals surface area (Å²) in [4.78, 5) is 22.1. The lowest BCUT2D eigenvalue weighted by Crippen LogP contribution is -2.14. The Kier molecular flexibility index (Phi) is 2.45. The van der Waals surface area contributed by atoms with Gasteiger partial charge in [0.1, 0.15) is 5.69 Å². The van der Waals surface area contributed by atoms with Gasteiger partial charge in [0.15, 0.2) is 10.9 Å². The van der Waals surface area contributed by atoms with Crippen LogP contribution in [-0.4, -0.2) is 15.0 Å². The average Bonchev–Trinajstić information content (AvgIpc) is 2.77. The highest BCUT2D eigenvalue weighted by Crippen LogP contribution is 2.28. The van der Waals surface area contributed by atoms with Crippen LogP contribution in [0.1, 0.15) is 0 Å². The van der Waals surface area contributed by atoms with Gasteiger partial charge in [0, 0.05) is 0 Å². The number of nitrogens with zero attached hydrogens (tertiary/aromatic N) is 2. The van der Waals surface area contributed by atoms with Crippen LogP contribution in [0.3, 0.4) is 0 Å². The molecule has 6 nitrogen and oxygen atoms in total. The van der Waals surface area contributed by atoms with Gasteiger partial charge in [0.2, 0.25) is 0 Å². The second-order valence-electron chi connectivity index (χ2n) is 3.61. The van der Waals surface area contributed by atoms with Crippen LogP contribution in [0, 0.1) is 0 Å². The molecule has 0 radical (unpaired) electrons. The van der Waals surface area contributed by atoms with E-state index >= 15 is 0 Å². The van der Waals surface area contributed by atoms with Crippen molar-refractivity contribution in [2.75, 3.05) is 11.1 Å². The largest absolute Gasteiger partial charge is 0.391 e. The molecule has 2 heterocycles. The number of thiazole rings is 1. The Balaban J connectivity index is 2.01. The first-order valence-corrected chi connectivity index (χ1v) is 6.01. The molecule has 18 heavy (non-hydrogen) atoms. The molecule has 3 aromatic rings. The van der Waals surface area contributed by atoms with Crippen molar-refractivity contribution in [3.8, 4) is 0 Å². The molecule has 0 saturated heterocycles. The van der Waals surface area contributed by atoms with Crippen molar-refractivity contribution in [2.45, 2.75) is 0 Å². The van der Waals surface area contributed by atoms with E-state index in [1.165, 1.54) is 17.7 Å². The number of aromatic amines is 1. The highest BCUT2D eigenvalue weighted by Gasteiger charge is 2.08. The highest BCUT2D eigenvalue weighted by atomic mass is 32.1. The number of nitrogen functional groups attached to an aromatic ring is 1. The van der Waals surface area contributed by atoms with Crippen molar-refractivity contribution >= 4 is 38.2 Å². The monoisotopic (exact) mass is 259 g/mol. The van der Waals surface area contributed by atoms with E-state index in [0.29, 0.717) is 10.9 Å². The zero-order valence-corrected chi connectivity index (χ0v) is 9.99. The second-order valence-corrected chi connectivity index (χ2v) is 4.64. The summed E-state index contributed by atoms with van der Waals surface area (Å²) in [6.45, 7) is 0. The number of anilines is 3. The first-order chi connectivity index (χ1) is 8.74. The molecule has 0 aliphatic rings. The van der Waals surface area contributed by atoms with E-state index in [4.69, 9.17) is 5.73 Å². The van der Waals surface area contributed by atoms with Crippen molar-refractivity contribution in [3.05, 3.63) is 40.9 Å². The number of nitrogens with one attached hydrogen (secondary N) is 2. The molecule has 7 heteroatoms. The lowest BCUT2D eigenvalue weighted by molar-refractivity contribution is 1.12. The summed E-state index contributed by atoms with van der Waals surface area (Å²) >= 11 is 1.48. The van der Waals surface area contributed by atoms with E-state index in [0.717, 1.165) is 10.2 Å². The first kappa shape index (κ1) is 10.7. The molecule has 0 amide bonds. The molecule has 90 valence electrons. The lowest BCUT2D eigenvalue weighted by Gasteiger charge is -2.02. The number of hydrogen-bond donors (Lipinski definition) is 3. The third kappa shape index (κ3) is 1.80. The van der Waals surface area contributed by atoms with Crippen molar-refractivity contribution in [3.63, 3.8) is 0 Å². The van der Waals surface area contributed by atoms with Gasteiger partial charge in [0.05, 0.1) is 16.5 Å². The number of nitrogens with two attached hydrogens (primary N) is 1. The maximum absolute atomic E-state index is 11.3. The SMILES string of the molecule is Nc1c(Nc2nc3ccccc3s2)nc[nH]c1=O. The Morgan fingerprint density at radius 3 is 3.00 bits per heavy atom. The second kappa shape index (κ2) is 4.11. The lowest BCUT2D eigenvalue weighted by atomic mass is 10.3. The molecule has 0 aliphatic heterocycles. The number of para-hydroxylation sites is 1. The van der Waals surface area contributed by atoms with Gasteiger partial charge in [-0.2, -0.15) is 0 Å². The van der Waals surface area contributed by atoms with Gasteiger partial charge in [-0.3, -0.25) is 4.79 Å². The summed E-state index contributed by atoms with van der Waals surface area (Å²) in [5.74, 6) is 0.317. The Morgan fingerprint density at radius 2 is 2.17 bits per heavy atom. The molecule has 1 aromatic carbocycles. The smallest absolute Gasteiger partial charge is 0.276 e. The van der Waals surface area contributed by atoms with Crippen LogP contribution >= 0.6 is 11.3 Å². The van der Waals surface area contributed by atoms with Crippen LogP contribution in [0.25, 0.3) is 10.2 Å². The molecule has 0 unspecified atom stereocenters. The minimum absolute atomic E-state index is 0.0526. The van der Waals surface area contributed by atoms with Gasteiger partial charge in [0.25, 0.3) is 5.56 Å². The molecule has 3 rings (SSSR count). The topological polar surface area (TPSA) is 96.7 Å². The Bertz CT molecular complexity index is 730. The van der Waals surface area contributed by atoms with Crippen LogP contribution in [0.4, 0.5) is 16.6 Å². The third-order valence-electron chi connectivity index (χ3n) is 2.41. The molecular weight excluding hydrogens is 250 g/mol. The van der Waals surface area contributed by atoms with Crippen molar-refractivity contribution in [1.29, 1.82) is 0 Å².